The van der Waals surface area contributed by atoms with Gasteiger partial charge in [-0.25, -0.2) is 0 Å². The molecule has 1 heterocycles. The molecule has 30 heavy (non-hydrogen) atoms. The molecule has 176 valence electrons. The monoisotopic (exact) mass is 422 g/mol. The standard InChI is InChI=1S/C26H50N2O2/c1-6-7-8-9-10-11-12-13-14-15-16-17-18-19-23(29)24(30)27-22-20-25(2,3)28-26(4,5)21-22/h22,28H,6-21H2,1-5H3,(H,27,30). The maximum absolute atomic E-state index is 12.3. The van der Waals surface area contributed by atoms with Crippen molar-refractivity contribution < 1.29 is 9.59 Å². The molecule has 1 aliphatic rings. The van der Waals surface area contributed by atoms with E-state index in [4.69, 9.17) is 0 Å². The van der Waals surface area contributed by atoms with Crippen molar-refractivity contribution in [1.82, 2.24) is 10.6 Å². The lowest BCUT2D eigenvalue weighted by molar-refractivity contribution is -0.138. The molecule has 2 N–H and O–H groups in total. The van der Waals surface area contributed by atoms with E-state index in [0.717, 1.165) is 25.7 Å². The third-order valence-electron chi connectivity index (χ3n) is 6.29. The Bertz CT molecular complexity index is 483. The molecule has 0 radical (unpaired) electrons. The minimum absolute atomic E-state index is 0.0300. The molecule has 0 saturated carbocycles. The van der Waals surface area contributed by atoms with Crippen LogP contribution in [0, 0.1) is 0 Å². The molecule has 0 unspecified atom stereocenters. The van der Waals surface area contributed by atoms with Gasteiger partial charge in [-0.1, -0.05) is 84.0 Å². The quantitative estimate of drug-likeness (QED) is 0.221. The van der Waals surface area contributed by atoms with E-state index in [1.165, 1.54) is 70.6 Å². The summed E-state index contributed by atoms with van der Waals surface area (Å²) in [6.45, 7) is 10.9. The first-order chi connectivity index (χ1) is 14.2. The zero-order chi connectivity index (χ0) is 22.5. The van der Waals surface area contributed by atoms with Crippen LogP contribution in [-0.2, 0) is 9.59 Å². The summed E-state index contributed by atoms with van der Waals surface area (Å²) in [5, 5.41) is 6.61. The number of Topliss-reactive ketones (excluding diaryl/α,β-unsaturated/α-hetero) is 1. The number of rotatable bonds is 16. The Labute approximate surface area is 186 Å². The van der Waals surface area contributed by atoms with Gasteiger partial charge in [0.05, 0.1) is 0 Å². The highest BCUT2D eigenvalue weighted by molar-refractivity contribution is 6.36. The fourth-order valence-corrected chi connectivity index (χ4v) is 5.11. The summed E-state index contributed by atoms with van der Waals surface area (Å²) < 4.78 is 0. The zero-order valence-corrected chi connectivity index (χ0v) is 20.7. The highest BCUT2D eigenvalue weighted by Crippen LogP contribution is 2.28. The Morgan fingerprint density at radius 2 is 1.13 bits per heavy atom. The van der Waals surface area contributed by atoms with E-state index in [0.29, 0.717) is 6.42 Å². The fraction of sp³-hybridized carbons (Fsp3) is 0.923. The predicted molar refractivity (Wildman–Crippen MR) is 128 cm³/mol. The van der Waals surface area contributed by atoms with Crippen LogP contribution in [0.4, 0.5) is 0 Å². The molecule has 1 rings (SSSR count). The molecule has 0 spiro atoms. The number of carbonyl (C=O) groups excluding carboxylic acids is 2. The van der Waals surface area contributed by atoms with Crippen molar-refractivity contribution in [3.63, 3.8) is 0 Å². The van der Waals surface area contributed by atoms with Crippen molar-refractivity contribution in [1.29, 1.82) is 0 Å². The summed E-state index contributed by atoms with van der Waals surface area (Å²) in [5.74, 6) is -0.625. The largest absolute Gasteiger partial charge is 0.347 e. The van der Waals surface area contributed by atoms with Crippen molar-refractivity contribution in [2.75, 3.05) is 0 Å². The summed E-state index contributed by atoms with van der Waals surface area (Å²) in [6.07, 6.45) is 18.8. The Morgan fingerprint density at radius 3 is 1.57 bits per heavy atom. The Balaban J connectivity index is 2.03. The number of hydrogen-bond donors (Lipinski definition) is 2. The molecule has 0 aromatic rings. The normalized spacial score (nSPS) is 18.3. The van der Waals surface area contributed by atoms with E-state index in [1.807, 2.05) is 0 Å². The van der Waals surface area contributed by atoms with Gasteiger partial charge in [0.25, 0.3) is 5.91 Å². The lowest BCUT2D eigenvalue weighted by atomic mass is 9.79. The van der Waals surface area contributed by atoms with Gasteiger partial charge >= 0.3 is 0 Å². The first-order valence-electron chi connectivity index (χ1n) is 12.8. The number of amides is 1. The second-order valence-corrected chi connectivity index (χ2v) is 10.9. The third kappa shape index (κ3) is 12.7. The molecule has 1 fully saturated rings. The summed E-state index contributed by atoms with van der Waals surface area (Å²) in [7, 11) is 0. The highest BCUT2D eigenvalue weighted by Gasteiger charge is 2.38. The molecular formula is C26H50N2O2. The van der Waals surface area contributed by atoms with E-state index in [1.54, 1.807) is 0 Å². The molecule has 0 aromatic heterocycles. The van der Waals surface area contributed by atoms with Gasteiger partial charge in [0.1, 0.15) is 0 Å². The van der Waals surface area contributed by atoms with Crippen LogP contribution in [0.1, 0.15) is 137 Å². The number of ketones is 1. The van der Waals surface area contributed by atoms with Crippen LogP contribution in [0.25, 0.3) is 0 Å². The van der Waals surface area contributed by atoms with Crippen molar-refractivity contribution in [2.45, 2.75) is 154 Å². The maximum Gasteiger partial charge on any atom is 0.287 e. The van der Waals surface area contributed by atoms with Gasteiger partial charge in [0.2, 0.25) is 5.78 Å². The van der Waals surface area contributed by atoms with Gasteiger partial charge < -0.3 is 10.6 Å². The van der Waals surface area contributed by atoms with Gasteiger partial charge in [-0.2, -0.15) is 0 Å². The number of carbonyl (C=O) groups is 2. The average Bonchev–Trinajstić information content (AvgIpc) is 2.62. The second kappa shape index (κ2) is 14.2. The first-order valence-corrected chi connectivity index (χ1v) is 12.8. The smallest absolute Gasteiger partial charge is 0.287 e. The van der Waals surface area contributed by atoms with Crippen molar-refractivity contribution >= 4 is 11.7 Å². The molecule has 0 bridgehead atoms. The van der Waals surface area contributed by atoms with Crippen LogP contribution >= 0.6 is 0 Å². The Morgan fingerprint density at radius 1 is 0.733 bits per heavy atom. The van der Waals surface area contributed by atoms with E-state index >= 15 is 0 Å². The molecule has 0 aliphatic carbocycles. The molecular weight excluding hydrogens is 372 g/mol. The predicted octanol–water partition coefficient (Wildman–Crippen LogP) is 6.46. The minimum atomic E-state index is -0.382. The van der Waals surface area contributed by atoms with Crippen LogP contribution in [0.2, 0.25) is 0 Å². The minimum Gasteiger partial charge on any atom is -0.347 e. The van der Waals surface area contributed by atoms with Gasteiger partial charge in [-0.05, 0) is 47.0 Å². The van der Waals surface area contributed by atoms with Crippen LogP contribution in [0.3, 0.4) is 0 Å². The molecule has 1 saturated heterocycles. The van der Waals surface area contributed by atoms with Crippen LogP contribution in [0.15, 0.2) is 0 Å². The van der Waals surface area contributed by atoms with E-state index < -0.39 is 0 Å². The topological polar surface area (TPSA) is 58.2 Å². The Hall–Kier alpha value is -0.900. The number of nitrogens with one attached hydrogen (secondary N) is 2. The van der Waals surface area contributed by atoms with Gasteiger partial charge in [0, 0.05) is 23.5 Å². The number of piperidine rings is 1. The Kier molecular flexibility index (Phi) is 12.9. The number of unbranched alkanes of at least 4 members (excludes halogenated alkanes) is 12. The summed E-state index contributed by atoms with van der Waals surface area (Å²) in [4.78, 5) is 24.5. The third-order valence-corrected chi connectivity index (χ3v) is 6.29. The highest BCUT2D eigenvalue weighted by atomic mass is 16.2. The lowest BCUT2D eigenvalue weighted by Gasteiger charge is -2.46. The molecule has 0 atom stereocenters. The van der Waals surface area contributed by atoms with E-state index in [-0.39, 0.29) is 28.8 Å². The molecule has 4 nitrogen and oxygen atoms in total. The van der Waals surface area contributed by atoms with Crippen molar-refractivity contribution in [2.24, 2.45) is 0 Å². The lowest BCUT2D eigenvalue weighted by Crippen LogP contribution is -2.62. The molecule has 0 aromatic carbocycles. The molecule has 1 amide bonds. The van der Waals surface area contributed by atoms with Crippen LogP contribution in [-0.4, -0.2) is 28.8 Å². The summed E-state index contributed by atoms with van der Waals surface area (Å²) in [5.41, 5.74) is -0.0599. The zero-order valence-electron chi connectivity index (χ0n) is 20.7. The van der Waals surface area contributed by atoms with Gasteiger partial charge in [-0.15, -0.1) is 0 Å². The van der Waals surface area contributed by atoms with Crippen LogP contribution in [0.5, 0.6) is 0 Å². The number of hydrogen-bond acceptors (Lipinski definition) is 3. The van der Waals surface area contributed by atoms with Gasteiger partial charge in [-0.3, -0.25) is 9.59 Å². The summed E-state index contributed by atoms with van der Waals surface area (Å²) >= 11 is 0. The summed E-state index contributed by atoms with van der Waals surface area (Å²) in [6, 6.07) is 0.0688. The first kappa shape index (κ1) is 27.1. The van der Waals surface area contributed by atoms with Crippen molar-refractivity contribution in [3.05, 3.63) is 0 Å². The maximum atomic E-state index is 12.3. The SMILES string of the molecule is CCCCCCCCCCCCCCCC(=O)C(=O)NC1CC(C)(C)NC(C)(C)C1. The average molecular weight is 423 g/mol. The van der Waals surface area contributed by atoms with E-state index in [9.17, 15) is 9.59 Å². The second-order valence-electron chi connectivity index (χ2n) is 10.9. The molecule has 1 aliphatic heterocycles. The fourth-order valence-electron chi connectivity index (χ4n) is 5.11. The van der Waals surface area contributed by atoms with Crippen LogP contribution < -0.4 is 10.6 Å². The molecule has 4 heteroatoms. The van der Waals surface area contributed by atoms with E-state index in [2.05, 4.69) is 45.3 Å². The van der Waals surface area contributed by atoms with Gasteiger partial charge in [0.15, 0.2) is 0 Å². The van der Waals surface area contributed by atoms with Crippen molar-refractivity contribution in [3.8, 4) is 0 Å².